The number of amides is 2. The van der Waals surface area contributed by atoms with Gasteiger partial charge in [0, 0.05) is 13.6 Å². The van der Waals surface area contributed by atoms with Crippen LogP contribution in [-0.4, -0.2) is 68.2 Å². The second kappa shape index (κ2) is 14.1. The van der Waals surface area contributed by atoms with Crippen molar-refractivity contribution in [1.29, 1.82) is 0 Å². The Bertz CT molecular complexity index is 1110. The molecule has 11 heteroatoms. The number of hydroxylamine groups is 1. The molecule has 2 aromatic rings. The van der Waals surface area contributed by atoms with E-state index in [1.807, 2.05) is 44.2 Å². The van der Waals surface area contributed by atoms with Crippen molar-refractivity contribution in [1.82, 2.24) is 15.1 Å². The number of sulfonamides is 1. The van der Waals surface area contributed by atoms with E-state index in [1.54, 1.807) is 5.48 Å². The number of ether oxygens (including phenoxy) is 1. The minimum atomic E-state index is -4.01. The van der Waals surface area contributed by atoms with Gasteiger partial charge in [-0.15, -0.1) is 0 Å². The number of nitrogens with one attached hydrogen (secondary N) is 2. The van der Waals surface area contributed by atoms with Gasteiger partial charge in [0.15, 0.2) is 0 Å². The summed E-state index contributed by atoms with van der Waals surface area (Å²) in [4.78, 5) is 26.1. The fourth-order valence-electron chi connectivity index (χ4n) is 4.11. The number of rotatable bonds is 14. The maximum absolute atomic E-state index is 13.4. The Labute approximate surface area is 218 Å². The van der Waals surface area contributed by atoms with Crippen LogP contribution in [0.3, 0.4) is 0 Å². The molecule has 0 saturated carbocycles. The van der Waals surface area contributed by atoms with Crippen LogP contribution in [0.4, 0.5) is 0 Å². The number of aliphatic hydroxyl groups excluding tert-OH is 1. The second-order valence-corrected chi connectivity index (χ2v) is 11.4. The summed E-state index contributed by atoms with van der Waals surface area (Å²) in [6, 6.07) is 14.5. The molecule has 0 fully saturated rings. The fourth-order valence-corrected chi connectivity index (χ4v) is 5.31. The van der Waals surface area contributed by atoms with Gasteiger partial charge in [0.05, 0.1) is 36.5 Å². The molecule has 2 aromatic carbocycles. The van der Waals surface area contributed by atoms with Gasteiger partial charge in [-0.2, -0.15) is 0 Å². The summed E-state index contributed by atoms with van der Waals surface area (Å²) >= 11 is 0. The van der Waals surface area contributed by atoms with Crippen molar-refractivity contribution >= 4 is 21.8 Å². The van der Waals surface area contributed by atoms with Crippen LogP contribution in [0.1, 0.15) is 25.8 Å². The van der Waals surface area contributed by atoms with E-state index in [-0.39, 0.29) is 30.4 Å². The van der Waals surface area contributed by atoms with E-state index in [9.17, 15) is 28.3 Å². The summed E-state index contributed by atoms with van der Waals surface area (Å²) in [5.74, 6) is -3.07. The molecule has 10 nitrogen and oxygen atoms in total. The first kappa shape index (κ1) is 30.2. The number of carbonyl (C=O) groups excluding carboxylic acids is 2. The van der Waals surface area contributed by atoms with Gasteiger partial charge >= 0.3 is 0 Å². The summed E-state index contributed by atoms with van der Waals surface area (Å²) < 4.78 is 32.4. The van der Waals surface area contributed by atoms with E-state index in [0.717, 1.165) is 9.87 Å². The lowest BCUT2D eigenvalue weighted by Crippen LogP contribution is -2.50. The van der Waals surface area contributed by atoms with Crippen molar-refractivity contribution in [2.75, 3.05) is 27.3 Å². The zero-order valence-electron chi connectivity index (χ0n) is 21.6. The van der Waals surface area contributed by atoms with Crippen molar-refractivity contribution in [3.8, 4) is 5.75 Å². The summed E-state index contributed by atoms with van der Waals surface area (Å²) in [7, 11) is -1.23. The van der Waals surface area contributed by atoms with Gasteiger partial charge in [0.25, 0.3) is 0 Å². The highest BCUT2D eigenvalue weighted by atomic mass is 32.2. The van der Waals surface area contributed by atoms with Gasteiger partial charge in [0.2, 0.25) is 21.8 Å². The van der Waals surface area contributed by atoms with Crippen molar-refractivity contribution in [2.45, 2.75) is 37.6 Å². The minimum Gasteiger partial charge on any atom is -0.497 e. The molecule has 0 aliphatic rings. The Morgan fingerprint density at radius 3 is 2.14 bits per heavy atom. The van der Waals surface area contributed by atoms with Crippen LogP contribution < -0.4 is 15.5 Å². The predicted octanol–water partition coefficient (Wildman–Crippen LogP) is 1.82. The van der Waals surface area contributed by atoms with Crippen LogP contribution in [0, 0.1) is 17.8 Å². The van der Waals surface area contributed by atoms with E-state index in [2.05, 4.69) is 5.32 Å². The zero-order chi connectivity index (χ0) is 27.6. The molecule has 2 rings (SSSR count). The maximum atomic E-state index is 13.4. The van der Waals surface area contributed by atoms with Crippen molar-refractivity contribution in [3.63, 3.8) is 0 Å². The summed E-state index contributed by atoms with van der Waals surface area (Å²) in [6.07, 6.45) is 0.629. The number of methoxy groups -OCH3 is 1. The van der Waals surface area contributed by atoms with E-state index in [1.165, 1.54) is 38.4 Å². The van der Waals surface area contributed by atoms with Crippen LogP contribution >= 0.6 is 0 Å². The lowest BCUT2D eigenvalue weighted by atomic mass is 9.83. The number of carbonyl (C=O) groups is 2. The quantitative estimate of drug-likeness (QED) is 0.213. The molecule has 3 atom stereocenters. The van der Waals surface area contributed by atoms with Gasteiger partial charge in [0.1, 0.15) is 5.75 Å². The lowest BCUT2D eigenvalue weighted by molar-refractivity contribution is -0.141. The Morgan fingerprint density at radius 1 is 1.00 bits per heavy atom. The summed E-state index contributed by atoms with van der Waals surface area (Å²) in [6.45, 7) is 3.07. The topological polar surface area (TPSA) is 145 Å². The second-order valence-electron chi connectivity index (χ2n) is 9.36. The molecule has 0 spiro atoms. The predicted molar refractivity (Wildman–Crippen MR) is 138 cm³/mol. The number of hydrogen-bond donors (Lipinski definition) is 4. The van der Waals surface area contributed by atoms with Crippen LogP contribution in [0.15, 0.2) is 59.5 Å². The minimum absolute atomic E-state index is 0.00739. The van der Waals surface area contributed by atoms with Crippen LogP contribution in [0.5, 0.6) is 5.75 Å². The highest BCUT2D eigenvalue weighted by molar-refractivity contribution is 7.89. The Kier molecular flexibility index (Phi) is 11.5. The molecule has 0 radical (unpaired) electrons. The molecular weight excluding hydrogens is 498 g/mol. The lowest BCUT2D eigenvalue weighted by Gasteiger charge is -2.30. The third-order valence-corrected chi connectivity index (χ3v) is 7.95. The van der Waals surface area contributed by atoms with Gasteiger partial charge in [-0.3, -0.25) is 14.8 Å². The molecule has 0 heterocycles. The molecule has 204 valence electrons. The molecule has 0 aliphatic carbocycles. The van der Waals surface area contributed by atoms with Crippen molar-refractivity contribution < 1.29 is 33.1 Å². The summed E-state index contributed by atoms with van der Waals surface area (Å²) in [5.41, 5.74) is 2.50. The SMILES string of the molecule is COc1ccc(S(=O)(=O)N(C)C[C@H](C(=O)NO)[C@@H](CC(C)C)C(=O)N[C@H](CO)Cc2ccccc2)cc1. The monoisotopic (exact) mass is 535 g/mol. The number of benzene rings is 2. The van der Waals surface area contributed by atoms with Crippen LogP contribution in [0.2, 0.25) is 0 Å². The molecule has 4 N–H and O–H groups in total. The van der Waals surface area contributed by atoms with Crippen LogP contribution in [-0.2, 0) is 26.0 Å². The highest BCUT2D eigenvalue weighted by Crippen LogP contribution is 2.26. The third-order valence-electron chi connectivity index (χ3n) is 6.11. The molecule has 37 heavy (non-hydrogen) atoms. The standard InChI is InChI=1S/C26H37N3O7S/c1-18(2)14-23(25(31)27-20(17-30)15-19-8-6-5-7-9-19)24(26(32)28-33)16-29(3)37(34,35)22-12-10-21(36-4)11-13-22/h5-13,18,20,23-24,30,33H,14-17H2,1-4H3,(H,27,31)(H,28,32)/t20-,23+,24-/m0/s1. The zero-order valence-corrected chi connectivity index (χ0v) is 22.4. The Hall–Kier alpha value is -2.99. The van der Waals surface area contributed by atoms with Crippen LogP contribution in [0.25, 0.3) is 0 Å². The maximum Gasteiger partial charge on any atom is 0.248 e. The highest BCUT2D eigenvalue weighted by Gasteiger charge is 2.38. The van der Waals surface area contributed by atoms with E-state index >= 15 is 0 Å². The van der Waals surface area contributed by atoms with Gasteiger partial charge < -0.3 is 15.2 Å². The van der Waals surface area contributed by atoms with Crippen molar-refractivity contribution in [3.05, 3.63) is 60.2 Å². The third kappa shape index (κ3) is 8.53. The van der Waals surface area contributed by atoms with E-state index < -0.39 is 39.7 Å². The first-order valence-corrected chi connectivity index (χ1v) is 13.5. The molecule has 0 aliphatic heterocycles. The first-order chi connectivity index (χ1) is 17.5. The van der Waals surface area contributed by atoms with E-state index in [0.29, 0.717) is 12.2 Å². The molecule has 0 saturated heterocycles. The largest absolute Gasteiger partial charge is 0.497 e. The smallest absolute Gasteiger partial charge is 0.248 e. The fraction of sp³-hybridized carbons (Fsp3) is 0.462. The Balaban J connectivity index is 2.30. The number of aliphatic hydroxyl groups is 1. The molecule has 2 amide bonds. The van der Waals surface area contributed by atoms with E-state index in [4.69, 9.17) is 4.74 Å². The molecular formula is C26H37N3O7S. The Morgan fingerprint density at radius 2 is 1.62 bits per heavy atom. The molecule has 0 unspecified atom stereocenters. The first-order valence-electron chi connectivity index (χ1n) is 12.0. The van der Waals surface area contributed by atoms with Gasteiger partial charge in [-0.25, -0.2) is 18.2 Å². The summed E-state index contributed by atoms with van der Waals surface area (Å²) in [5, 5.41) is 22.1. The van der Waals surface area contributed by atoms with Gasteiger partial charge in [-0.05, 0) is 48.6 Å². The molecule has 0 aromatic heterocycles. The average molecular weight is 536 g/mol. The normalized spacial score (nSPS) is 14.2. The molecule has 0 bridgehead atoms. The number of nitrogens with zero attached hydrogens (tertiary/aromatic N) is 1. The van der Waals surface area contributed by atoms with Gasteiger partial charge in [-0.1, -0.05) is 44.2 Å². The average Bonchev–Trinajstić information content (AvgIpc) is 2.89. The number of hydrogen-bond acceptors (Lipinski definition) is 7. The van der Waals surface area contributed by atoms with Crippen molar-refractivity contribution in [2.24, 2.45) is 17.8 Å².